The maximum absolute atomic E-state index is 12.3. The summed E-state index contributed by atoms with van der Waals surface area (Å²) in [6.07, 6.45) is -2.89. The number of aryl methyl sites for hydroxylation is 1. The van der Waals surface area contributed by atoms with E-state index in [0.717, 1.165) is 12.1 Å². The first-order valence-corrected chi connectivity index (χ1v) is 4.04. The van der Waals surface area contributed by atoms with Crippen molar-refractivity contribution >= 4 is 17.3 Å². The minimum Gasteiger partial charge on any atom is -0.258 e. The number of rotatable bonds is 2. The summed E-state index contributed by atoms with van der Waals surface area (Å²) in [7, 11) is 0. The van der Waals surface area contributed by atoms with Crippen molar-refractivity contribution in [2.24, 2.45) is 0 Å². The fourth-order valence-corrected chi connectivity index (χ4v) is 1.19. The Bertz CT molecular complexity index is 382. The first-order chi connectivity index (χ1) is 6.43. The third-order valence-corrected chi connectivity index (χ3v) is 2.15. The zero-order chi connectivity index (χ0) is 10.9. The van der Waals surface area contributed by atoms with Crippen molar-refractivity contribution in [2.75, 3.05) is 0 Å². The van der Waals surface area contributed by atoms with E-state index in [1.165, 1.54) is 6.92 Å². The number of alkyl halides is 2. The van der Waals surface area contributed by atoms with E-state index in [0.29, 0.717) is 5.56 Å². The molecule has 1 aromatic carbocycles. The molecule has 0 atom stereocenters. The average molecular weight is 222 g/mol. The van der Waals surface area contributed by atoms with Crippen LogP contribution in [0.4, 0.5) is 14.5 Å². The lowest BCUT2D eigenvalue weighted by Gasteiger charge is -2.04. The van der Waals surface area contributed by atoms with Crippen LogP contribution < -0.4 is 0 Å². The summed E-state index contributed by atoms with van der Waals surface area (Å²) < 4.78 is 24.7. The van der Waals surface area contributed by atoms with Crippen LogP contribution in [0, 0.1) is 17.0 Å². The first-order valence-electron chi connectivity index (χ1n) is 3.66. The smallest absolute Gasteiger partial charge is 0.258 e. The highest BCUT2D eigenvalue weighted by Gasteiger charge is 2.22. The predicted molar refractivity (Wildman–Crippen MR) is 47.8 cm³/mol. The molecule has 0 fully saturated rings. The number of halogens is 3. The van der Waals surface area contributed by atoms with Gasteiger partial charge in [-0.2, -0.15) is 0 Å². The molecular formula is C8H6ClF2NO2. The van der Waals surface area contributed by atoms with E-state index in [-0.39, 0.29) is 5.02 Å². The Morgan fingerprint density at radius 2 is 2.07 bits per heavy atom. The standard InChI is InChI=1S/C8H6ClF2NO2/c1-4-2-7(12(13)14)5(8(10)11)3-6(4)9/h2-3,8H,1H3. The summed E-state index contributed by atoms with van der Waals surface area (Å²) in [5, 5.41) is 10.5. The monoisotopic (exact) mass is 221 g/mol. The molecule has 0 radical (unpaired) electrons. The molecule has 0 saturated heterocycles. The Hall–Kier alpha value is -1.23. The van der Waals surface area contributed by atoms with Gasteiger partial charge in [-0.25, -0.2) is 8.78 Å². The fourth-order valence-electron chi connectivity index (χ4n) is 1.01. The topological polar surface area (TPSA) is 43.1 Å². The quantitative estimate of drug-likeness (QED) is 0.567. The number of nitro groups is 1. The van der Waals surface area contributed by atoms with Crippen molar-refractivity contribution in [1.82, 2.24) is 0 Å². The SMILES string of the molecule is Cc1cc([N+](=O)[O-])c(C(F)F)cc1Cl. The Kier molecular flexibility index (Phi) is 3.00. The predicted octanol–water partition coefficient (Wildman–Crippen LogP) is 3.49. The highest BCUT2D eigenvalue weighted by Crippen LogP contribution is 2.33. The molecule has 0 aliphatic carbocycles. The molecule has 0 amide bonds. The van der Waals surface area contributed by atoms with E-state index in [4.69, 9.17) is 11.6 Å². The molecule has 0 unspecified atom stereocenters. The largest absolute Gasteiger partial charge is 0.278 e. The van der Waals surface area contributed by atoms with Crippen LogP contribution >= 0.6 is 11.6 Å². The van der Waals surface area contributed by atoms with Gasteiger partial charge in [0, 0.05) is 11.1 Å². The molecule has 0 spiro atoms. The minimum atomic E-state index is -2.89. The molecular weight excluding hydrogens is 216 g/mol. The fraction of sp³-hybridized carbons (Fsp3) is 0.250. The van der Waals surface area contributed by atoms with Crippen LogP contribution in [0.25, 0.3) is 0 Å². The average Bonchev–Trinajstić information content (AvgIpc) is 2.08. The summed E-state index contributed by atoms with van der Waals surface area (Å²) in [4.78, 5) is 9.58. The maximum Gasteiger partial charge on any atom is 0.278 e. The van der Waals surface area contributed by atoms with Crippen LogP contribution in [0.3, 0.4) is 0 Å². The van der Waals surface area contributed by atoms with Gasteiger partial charge in [-0.05, 0) is 18.6 Å². The van der Waals surface area contributed by atoms with E-state index in [1.54, 1.807) is 0 Å². The maximum atomic E-state index is 12.3. The van der Waals surface area contributed by atoms with Crippen LogP contribution in [0.15, 0.2) is 12.1 Å². The number of hydrogen-bond acceptors (Lipinski definition) is 2. The molecule has 0 heterocycles. The molecule has 0 N–H and O–H groups in total. The third kappa shape index (κ3) is 1.98. The summed E-state index contributed by atoms with van der Waals surface area (Å²) >= 11 is 5.58. The molecule has 1 rings (SSSR count). The zero-order valence-corrected chi connectivity index (χ0v) is 7.89. The molecule has 1 aromatic rings. The molecule has 0 aliphatic heterocycles. The number of hydrogen-bond donors (Lipinski definition) is 0. The second-order valence-corrected chi connectivity index (χ2v) is 3.13. The molecule has 76 valence electrons. The van der Waals surface area contributed by atoms with E-state index < -0.39 is 22.6 Å². The Labute approximate surface area is 83.4 Å². The van der Waals surface area contributed by atoms with Crippen molar-refractivity contribution in [3.05, 3.63) is 38.4 Å². The van der Waals surface area contributed by atoms with Crippen molar-refractivity contribution in [1.29, 1.82) is 0 Å². The molecule has 6 heteroatoms. The molecule has 3 nitrogen and oxygen atoms in total. The lowest BCUT2D eigenvalue weighted by molar-refractivity contribution is -0.386. The molecule has 0 saturated carbocycles. The van der Waals surface area contributed by atoms with Crippen LogP contribution in [0.1, 0.15) is 17.6 Å². The Balaban J connectivity index is 3.39. The molecule has 0 bridgehead atoms. The lowest BCUT2D eigenvalue weighted by Crippen LogP contribution is -1.97. The third-order valence-electron chi connectivity index (χ3n) is 1.74. The molecule has 14 heavy (non-hydrogen) atoms. The van der Waals surface area contributed by atoms with Gasteiger partial charge in [-0.3, -0.25) is 10.1 Å². The normalized spacial score (nSPS) is 10.6. The van der Waals surface area contributed by atoms with Gasteiger partial charge in [-0.15, -0.1) is 0 Å². The van der Waals surface area contributed by atoms with Gasteiger partial charge < -0.3 is 0 Å². The number of benzene rings is 1. The highest BCUT2D eigenvalue weighted by molar-refractivity contribution is 6.31. The van der Waals surface area contributed by atoms with Crippen LogP contribution in [-0.4, -0.2) is 4.92 Å². The van der Waals surface area contributed by atoms with Crippen molar-refractivity contribution in [3.8, 4) is 0 Å². The minimum absolute atomic E-state index is 0.103. The Morgan fingerprint density at radius 1 is 1.50 bits per heavy atom. The zero-order valence-electron chi connectivity index (χ0n) is 7.13. The summed E-state index contributed by atoms with van der Waals surface area (Å²) in [6, 6.07) is 1.98. The first kappa shape index (κ1) is 10.8. The van der Waals surface area contributed by atoms with E-state index >= 15 is 0 Å². The van der Waals surface area contributed by atoms with Gasteiger partial charge in [0.25, 0.3) is 12.1 Å². The lowest BCUT2D eigenvalue weighted by atomic mass is 10.1. The number of nitrogens with zero attached hydrogens (tertiary/aromatic N) is 1. The molecule has 0 aliphatic rings. The van der Waals surface area contributed by atoms with Gasteiger partial charge in [-0.1, -0.05) is 11.6 Å². The number of nitro benzene ring substituents is 1. The Morgan fingerprint density at radius 3 is 2.50 bits per heavy atom. The van der Waals surface area contributed by atoms with Gasteiger partial charge in [0.2, 0.25) is 0 Å². The van der Waals surface area contributed by atoms with Crippen molar-refractivity contribution in [3.63, 3.8) is 0 Å². The van der Waals surface area contributed by atoms with Crippen molar-refractivity contribution in [2.45, 2.75) is 13.3 Å². The van der Waals surface area contributed by atoms with E-state index in [2.05, 4.69) is 0 Å². The molecule has 0 aromatic heterocycles. The summed E-state index contributed by atoms with van der Waals surface area (Å²) in [5.74, 6) is 0. The van der Waals surface area contributed by atoms with Gasteiger partial charge in [0.05, 0.1) is 10.5 Å². The summed E-state index contributed by atoms with van der Waals surface area (Å²) in [6.45, 7) is 1.52. The van der Waals surface area contributed by atoms with Gasteiger partial charge in [0.1, 0.15) is 0 Å². The van der Waals surface area contributed by atoms with Crippen LogP contribution in [-0.2, 0) is 0 Å². The van der Waals surface area contributed by atoms with Crippen LogP contribution in [0.2, 0.25) is 5.02 Å². The van der Waals surface area contributed by atoms with Gasteiger partial charge in [0.15, 0.2) is 0 Å². The second-order valence-electron chi connectivity index (χ2n) is 2.72. The van der Waals surface area contributed by atoms with E-state index in [1.807, 2.05) is 0 Å². The van der Waals surface area contributed by atoms with Crippen LogP contribution in [0.5, 0.6) is 0 Å². The van der Waals surface area contributed by atoms with Crippen molar-refractivity contribution < 1.29 is 13.7 Å². The van der Waals surface area contributed by atoms with Gasteiger partial charge >= 0.3 is 0 Å². The summed E-state index contributed by atoms with van der Waals surface area (Å²) in [5.41, 5.74) is -0.838. The highest BCUT2D eigenvalue weighted by atomic mass is 35.5. The van der Waals surface area contributed by atoms with E-state index in [9.17, 15) is 18.9 Å². The second kappa shape index (κ2) is 3.88.